The summed E-state index contributed by atoms with van der Waals surface area (Å²) in [5.74, 6) is 0. The minimum Gasteiger partial charge on any atom is -0.373 e. The molecule has 14 heavy (non-hydrogen) atoms. The van der Waals surface area contributed by atoms with Crippen LogP contribution in [0.15, 0.2) is 18.2 Å². The van der Waals surface area contributed by atoms with Gasteiger partial charge in [-0.1, -0.05) is 23.2 Å². The van der Waals surface area contributed by atoms with E-state index in [1.807, 2.05) is 24.1 Å². The van der Waals surface area contributed by atoms with Gasteiger partial charge in [0.05, 0.1) is 12.5 Å². The number of rotatable bonds is 3. The van der Waals surface area contributed by atoms with Gasteiger partial charge in [0.15, 0.2) is 0 Å². The van der Waals surface area contributed by atoms with Gasteiger partial charge in [0.2, 0.25) is 0 Å². The Morgan fingerprint density at radius 3 is 2.36 bits per heavy atom. The number of nitrogens with zero attached hydrogens (tertiary/aromatic N) is 2. The second kappa shape index (κ2) is 5.09. The molecule has 0 unspecified atom stereocenters. The Bertz CT molecular complexity index is 337. The van der Waals surface area contributed by atoms with Gasteiger partial charge in [-0.15, -0.1) is 0 Å². The van der Waals surface area contributed by atoms with E-state index in [0.29, 0.717) is 23.0 Å². The highest BCUT2D eigenvalue weighted by Crippen LogP contribution is 2.24. The molecule has 1 aromatic rings. The quantitative estimate of drug-likeness (QED) is 0.794. The fourth-order valence-corrected chi connectivity index (χ4v) is 1.62. The fraction of sp³-hybridized carbons (Fsp3) is 0.300. The maximum absolute atomic E-state index is 8.44. The molecule has 0 N–H and O–H groups in total. The molecule has 0 aliphatic carbocycles. The third-order valence-electron chi connectivity index (χ3n) is 1.85. The van der Waals surface area contributed by atoms with Gasteiger partial charge in [-0.2, -0.15) is 5.26 Å². The van der Waals surface area contributed by atoms with Gasteiger partial charge < -0.3 is 4.90 Å². The average Bonchev–Trinajstić information content (AvgIpc) is 2.12. The molecular weight excluding hydrogens is 219 g/mol. The Morgan fingerprint density at radius 2 is 1.86 bits per heavy atom. The van der Waals surface area contributed by atoms with Crippen molar-refractivity contribution in [1.82, 2.24) is 0 Å². The fourth-order valence-electron chi connectivity index (χ4n) is 1.11. The van der Waals surface area contributed by atoms with E-state index in [2.05, 4.69) is 6.07 Å². The topological polar surface area (TPSA) is 27.0 Å². The van der Waals surface area contributed by atoms with Crippen LogP contribution in [-0.2, 0) is 0 Å². The normalized spacial score (nSPS) is 9.57. The van der Waals surface area contributed by atoms with E-state index in [9.17, 15) is 0 Å². The SMILES string of the molecule is CN(CCC#N)c1cc(Cl)cc(Cl)c1. The Hall–Kier alpha value is -0.910. The summed E-state index contributed by atoms with van der Waals surface area (Å²) in [5, 5.41) is 9.66. The first-order valence-corrected chi connectivity index (χ1v) is 4.93. The van der Waals surface area contributed by atoms with Crippen LogP contribution in [0, 0.1) is 11.3 Å². The summed E-state index contributed by atoms with van der Waals surface area (Å²) < 4.78 is 0. The van der Waals surface area contributed by atoms with Crippen molar-refractivity contribution in [2.75, 3.05) is 18.5 Å². The maximum Gasteiger partial charge on any atom is 0.0640 e. The predicted molar refractivity (Wildman–Crippen MR) is 60.0 cm³/mol. The highest BCUT2D eigenvalue weighted by Gasteiger charge is 2.02. The number of hydrogen-bond donors (Lipinski definition) is 0. The van der Waals surface area contributed by atoms with Crippen LogP contribution < -0.4 is 4.90 Å². The molecule has 0 aromatic heterocycles. The molecule has 4 heteroatoms. The van der Waals surface area contributed by atoms with Crippen molar-refractivity contribution >= 4 is 28.9 Å². The standard InChI is InChI=1S/C10H10Cl2N2/c1-14(4-2-3-13)10-6-8(11)5-9(12)7-10/h5-7H,2,4H2,1H3. The van der Waals surface area contributed by atoms with Crippen molar-refractivity contribution in [2.24, 2.45) is 0 Å². The maximum atomic E-state index is 8.44. The monoisotopic (exact) mass is 228 g/mol. The van der Waals surface area contributed by atoms with Crippen LogP contribution in [-0.4, -0.2) is 13.6 Å². The van der Waals surface area contributed by atoms with Crippen LogP contribution in [0.2, 0.25) is 10.0 Å². The molecule has 1 aromatic carbocycles. The van der Waals surface area contributed by atoms with Gasteiger partial charge in [-0.05, 0) is 18.2 Å². The number of halogens is 2. The van der Waals surface area contributed by atoms with Crippen LogP contribution in [0.5, 0.6) is 0 Å². The Morgan fingerprint density at radius 1 is 1.29 bits per heavy atom. The Balaban J connectivity index is 2.79. The lowest BCUT2D eigenvalue weighted by atomic mass is 10.3. The summed E-state index contributed by atoms with van der Waals surface area (Å²) in [7, 11) is 1.90. The van der Waals surface area contributed by atoms with Crippen molar-refractivity contribution in [1.29, 1.82) is 5.26 Å². The van der Waals surface area contributed by atoms with Crippen molar-refractivity contribution in [3.8, 4) is 6.07 Å². The largest absolute Gasteiger partial charge is 0.373 e. The first kappa shape index (κ1) is 11.2. The summed E-state index contributed by atoms with van der Waals surface area (Å²) in [6.45, 7) is 0.674. The van der Waals surface area contributed by atoms with E-state index < -0.39 is 0 Å². The smallest absolute Gasteiger partial charge is 0.0640 e. The molecule has 2 nitrogen and oxygen atoms in total. The third-order valence-corrected chi connectivity index (χ3v) is 2.28. The molecular formula is C10H10Cl2N2. The Labute approximate surface area is 93.7 Å². The molecule has 0 fully saturated rings. The molecule has 0 saturated carbocycles. The second-order valence-electron chi connectivity index (χ2n) is 2.96. The highest BCUT2D eigenvalue weighted by atomic mass is 35.5. The lowest BCUT2D eigenvalue weighted by molar-refractivity contribution is 0.905. The first-order valence-electron chi connectivity index (χ1n) is 4.17. The van der Waals surface area contributed by atoms with Crippen molar-refractivity contribution < 1.29 is 0 Å². The zero-order valence-corrected chi connectivity index (χ0v) is 9.31. The van der Waals surface area contributed by atoms with Crippen LogP contribution in [0.3, 0.4) is 0 Å². The van der Waals surface area contributed by atoms with E-state index in [0.717, 1.165) is 5.69 Å². The van der Waals surface area contributed by atoms with Gasteiger partial charge in [0.25, 0.3) is 0 Å². The average molecular weight is 229 g/mol. The molecule has 74 valence electrons. The second-order valence-corrected chi connectivity index (χ2v) is 3.83. The Kier molecular flexibility index (Phi) is 4.06. The van der Waals surface area contributed by atoms with E-state index >= 15 is 0 Å². The van der Waals surface area contributed by atoms with Crippen molar-refractivity contribution in [2.45, 2.75) is 6.42 Å². The van der Waals surface area contributed by atoms with E-state index in [4.69, 9.17) is 28.5 Å². The van der Waals surface area contributed by atoms with E-state index in [1.54, 1.807) is 6.07 Å². The number of nitriles is 1. The number of benzene rings is 1. The summed E-state index contributed by atoms with van der Waals surface area (Å²) in [4.78, 5) is 1.95. The van der Waals surface area contributed by atoms with Gasteiger partial charge in [-0.3, -0.25) is 0 Å². The zero-order chi connectivity index (χ0) is 10.6. The lowest BCUT2D eigenvalue weighted by Crippen LogP contribution is -2.17. The number of hydrogen-bond acceptors (Lipinski definition) is 2. The molecule has 0 spiro atoms. The molecule has 0 saturated heterocycles. The molecule has 0 radical (unpaired) electrons. The lowest BCUT2D eigenvalue weighted by Gasteiger charge is -2.18. The van der Waals surface area contributed by atoms with Crippen LogP contribution in [0.25, 0.3) is 0 Å². The number of anilines is 1. The van der Waals surface area contributed by atoms with Crippen molar-refractivity contribution in [3.63, 3.8) is 0 Å². The summed E-state index contributed by atoms with van der Waals surface area (Å²) >= 11 is 11.7. The first-order chi connectivity index (χ1) is 6.63. The summed E-state index contributed by atoms with van der Waals surface area (Å²) in [5.41, 5.74) is 0.928. The summed E-state index contributed by atoms with van der Waals surface area (Å²) in [6.07, 6.45) is 0.487. The van der Waals surface area contributed by atoms with Gasteiger partial charge in [0, 0.05) is 29.3 Å². The highest BCUT2D eigenvalue weighted by molar-refractivity contribution is 6.35. The van der Waals surface area contributed by atoms with E-state index in [1.165, 1.54) is 0 Å². The minimum atomic E-state index is 0.487. The van der Waals surface area contributed by atoms with Crippen LogP contribution >= 0.6 is 23.2 Å². The predicted octanol–water partition coefficient (Wildman–Crippen LogP) is 3.34. The van der Waals surface area contributed by atoms with Crippen LogP contribution in [0.1, 0.15) is 6.42 Å². The van der Waals surface area contributed by atoms with Crippen molar-refractivity contribution in [3.05, 3.63) is 28.2 Å². The molecule has 0 aliphatic heterocycles. The minimum absolute atomic E-state index is 0.487. The van der Waals surface area contributed by atoms with Crippen LogP contribution in [0.4, 0.5) is 5.69 Å². The molecule has 0 bridgehead atoms. The zero-order valence-electron chi connectivity index (χ0n) is 7.80. The van der Waals surface area contributed by atoms with Gasteiger partial charge >= 0.3 is 0 Å². The molecule has 0 aliphatic rings. The molecule has 0 heterocycles. The van der Waals surface area contributed by atoms with Gasteiger partial charge in [-0.25, -0.2) is 0 Å². The molecule has 0 atom stereocenters. The summed E-state index contributed by atoms with van der Waals surface area (Å²) in [6, 6.07) is 7.42. The van der Waals surface area contributed by atoms with E-state index in [-0.39, 0.29) is 0 Å². The molecule has 0 amide bonds. The van der Waals surface area contributed by atoms with Gasteiger partial charge in [0.1, 0.15) is 0 Å². The molecule has 1 rings (SSSR count). The third kappa shape index (κ3) is 3.10.